The molecule has 1 N–H and O–H groups in total. The zero-order valence-electron chi connectivity index (χ0n) is 11.9. The summed E-state index contributed by atoms with van der Waals surface area (Å²) in [6.45, 7) is 8.81. The molecule has 0 fully saturated rings. The number of nitrogens with one attached hydrogen (secondary N) is 1. The van der Waals surface area contributed by atoms with Crippen LogP contribution in [0.3, 0.4) is 0 Å². The summed E-state index contributed by atoms with van der Waals surface area (Å²) in [6, 6.07) is 8.78. The van der Waals surface area contributed by atoms with E-state index in [1.165, 1.54) is 11.1 Å². The van der Waals surface area contributed by atoms with Crippen molar-refractivity contribution in [1.82, 2.24) is 10.2 Å². The normalized spacial score (nSPS) is 12.1. The van der Waals surface area contributed by atoms with Crippen LogP contribution in [0, 0.1) is 6.92 Å². The molecule has 0 saturated carbocycles. The Labute approximate surface area is 106 Å². The molecule has 1 aromatic carbocycles. The monoisotopic (exact) mass is 234 g/mol. The first-order chi connectivity index (χ1) is 7.95. The van der Waals surface area contributed by atoms with E-state index in [0.29, 0.717) is 0 Å². The Morgan fingerprint density at radius 1 is 1.29 bits per heavy atom. The van der Waals surface area contributed by atoms with Gasteiger partial charge in [-0.1, -0.05) is 29.8 Å². The van der Waals surface area contributed by atoms with Gasteiger partial charge in [-0.3, -0.25) is 4.90 Å². The van der Waals surface area contributed by atoms with Gasteiger partial charge in [-0.15, -0.1) is 0 Å². The second-order valence-corrected chi connectivity index (χ2v) is 5.50. The third-order valence-corrected chi connectivity index (χ3v) is 3.46. The number of hydrogen-bond acceptors (Lipinski definition) is 2. The van der Waals surface area contributed by atoms with Crippen molar-refractivity contribution in [3.63, 3.8) is 0 Å². The summed E-state index contributed by atoms with van der Waals surface area (Å²) in [6.07, 6.45) is 1.12. The van der Waals surface area contributed by atoms with Gasteiger partial charge in [-0.2, -0.15) is 0 Å². The number of aryl methyl sites for hydroxylation is 1. The molecule has 1 aromatic rings. The molecule has 0 heterocycles. The van der Waals surface area contributed by atoms with Crippen LogP contribution in [0.5, 0.6) is 0 Å². The largest absolute Gasteiger partial charge is 0.318 e. The van der Waals surface area contributed by atoms with Gasteiger partial charge >= 0.3 is 0 Å². The van der Waals surface area contributed by atoms with Crippen molar-refractivity contribution in [3.05, 3.63) is 35.4 Å². The smallest absolute Gasteiger partial charge is 0.0274 e. The second-order valence-electron chi connectivity index (χ2n) is 5.50. The van der Waals surface area contributed by atoms with Crippen LogP contribution in [0.2, 0.25) is 0 Å². The van der Waals surface area contributed by atoms with Crippen LogP contribution < -0.4 is 5.32 Å². The lowest BCUT2D eigenvalue weighted by Crippen LogP contribution is -2.48. The molecule has 0 aliphatic rings. The van der Waals surface area contributed by atoms with E-state index in [0.717, 1.165) is 19.5 Å². The maximum atomic E-state index is 3.25. The van der Waals surface area contributed by atoms with Crippen molar-refractivity contribution < 1.29 is 0 Å². The molecule has 96 valence electrons. The maximum absolute atomic E-state index is 3.25. The lowest BCUT2D eigenvalue weighted by Gasteiger charge is -2.35. The lowest BCUT2D eigenvalue weighted by atomic mass is 10.0. The number of nitrogens with zero attached hydrogens (tertiary/aromatic N) is 1. The minimum atomic E-state index is 0.207. The Bertz CT molecular complexity index is 345. The molecule has 0 spiro atoms. The van der Waals surface area contributed by atoms with Gasteiger partial charge in [0.1, 0.15) is 0 Å². The highest BCUT2D eigenvalue weighted by Crippen LogP contribution is 2.12. The Morgan fingerprint density at radius 3 is 2.59 bits per heavy atom. The number of benzene rings is 1. The highest BCUT2D eigenvalue weighted by molar-refractivity contribution is 5.22. The molecule has 0 saturated heterocycles. The number of likely N-dealkylation sites (N-methyl/N-ethyl adjacent to an activating group) is 2. The van der Waals surface area contributed by atoms with Gasteiger partial charge < -0.3 is 5.32 Å². The van der Waals surface area contributed by atoms with E-state index in [4.69, 9.17) is 0 Å². The minimum absolute atomic E-state index is 0.207. The topological polar surface area (TPSA) is 15.3 Å². The summed E-state index contributed by atoms with van der Waals surface area (Å²) in [5, 5.41) is 3.25. The fourth-order valence-electron chi connectivity index (χ4n) is 2.03. The van der Waals surface area contributed by atoms with Gasteiger partial charge in [-0.05, 0) is 46.9 Å². The molecule has 0 amide bonds. The van der Waals surface area contributed by atoms with Gasteiger partial charge in [-0.25, -0.2) is 0 Å². The maximum Gasteiger partial charge on any atom is 0.0274 e. The molecule has 0 bridgehead atoms. The Hall–Kier alpha value is -0.860. The lowest BCUT2D eigenvalue weighted by molar-refractivity contribution is 0.157. The Morgan fingerprint density at radius 2 is 2.00 bits per heavy atom. The molecule has 0 aromatic heterocycles. The van der Waals surface area contributed by atoms with E-state index >= 15 is 0 Å². The standard InChI is InChI=1S/C15H26N2/c1-13-7-6-8-14(11-13)9-10-17(5)15(2,3)12-16-4/h6-8,11,16H,9-10,12H2,1-5H3. The van der Waals surface area contributed by atoms with E-state index in [1.54, 1.807) is 0 Å². The van der Waals surface area contributed by atoms with Crippen LogP contribution >= 0.6 is 0 Å². The summed E-state index contributed by atoms with van der Waals surface area (Å²) in [7, 11) is 4.21. The van der Waals surface area contributed by atoms with E-state index in [9.17, 15) is 0 Å². The summed E-state index contributed by atoms with van der Waals surface area (Å²) in [5.74, 6) is 0. The molecule has 17 heavy (non-hydrogen) atoms. The van der Waals surface area contributed by atoms with Crippen LogP contribution in [-0.2, 0) is 6.42 Å². The first-order valence-electron chi connectivity index (χ1n) is 6.37. The molecule has 2 nitrogen and oxygen atoms in total. The first-order valence-corrected chi connectivity index (χ1v) is 6.37. The van der Waals surface area contributed by atoms with E-state index in [1.807, 2.05) is 7.05 Å². The highest BCUT2D eigenvalue weighted by Gasteiger charge is 2.21. The number of rotatable bonds is 6. The minimum Gasteiger partial charge on any atom is -0.318 e. The van der Waals surface area contributed by atoms with E-state index in [-0.39, 0.29) is 5.54 Å². The summed E-state index contributed by atoms with van der Waals surface area (Å²) >= 11 is 0. The molecular formula is C15H26N2. The van der Waals surface area contributed by atoms with Crippen LogP contribution in [-0.4, -0.2) is 37.6 Å². The third-order valence-electron chi connectivity index (χ3n) is 3.46. The van der Waals surface area contributed by atoms with Crippen molar-refractivity contribution in [2.24, 2.45) is 0 Å². The highest BCUT2D eigenvalue weighted by atomic mass is 15.2. The molecule has 0 aliphatic heterocycles. The van der Waals surface area contributed by atoms with E-state index < -0.39 is 0 Å². The van der Waals surface area contributed by atoms with Crippen molar-refractivity contribution in [2.75, 3.05) is 27.2 Å². The number of hydrogen-bond donors (Lipinski definition) is 1. The first kappa shape index (κ1) is 14.2. The van der Waals surface area contributed by atoms with Gasteiger partial charge in [0, 0.05) is 18.6 Å². The third kappa shape index (κ3) is 4.49. The van der Waals surface area contributed by atoms with Gasteiger partial charge in [0.05, 0.1) is 0 Å². The van der Waals surface area contributed by atoms with Crippen molar-refractivity contribution in [2.45, 2.75) is 32.7 Å². The van der Waals surface area contributed by atoms with E-state index in [2.05, 4.69) is 62.3 Å². The molecule has 2 heteroatoms. The Kier molecular flexibility index (Phi) is 5.16. The van der Waals surface area contributed by atoms with Gasteiger partial charge in [0.15, 0.2) is 0 Å². The van der Waals surface area contributed by atoms with Crippen LogP contribution in [0.25, 0.3) is 0 Å². The molecule has 0 aliphatic carbocycles. The summed E-state index contributed by atoms with van der Waals surface area (Å²) in [5.41, 5.74) is 2.98. The predicted octanol–water partition coefficient (Wildman–Crippen LogP) is 2.47. The van der Waals surface area contributed by atoms with Crippen LogP contribution in [0.15, 0.2) is 24.3 Å². The average molecular weight is 234 g/mol. The fourth-order valence-corrected chi connectivity index (χ4v) is 2.03. The van der Waals surface area contributed by atoms with Crippen molar-refractivity contribution >= 4 is 0 Å². The Balaban J connectivity index is 2.50. The van der Waals surface area contributed by atoms with Crippen molar-refractivity contribution in [3.8, 4) is 0 Å². The van der Waals surface area contributed by atoms with Crippen LogP contribution in [0.4, 0.5) is 0 Å². The summed E-state index contributed by atoms with van der Waals surface area (Å²) in [4.78, 5) is 2.42. The molecular weight excluding hydrogens is 208 g/mol. The zero-order chi connectivity index (χ0) is 12.9. The quantitative estimate of drug-likeness (QED) is 0.813. The fraction of sp³-hybridized carbons (Fsp3) is 0.600. The van der Waals surface area contributed by atoms with Gasteiger partial charge in [0.2, 0.25) is 0 Å². The molecule has 0 radical (unpaired) electrons. The predicted molar refractivity (Wildman–Crippen MR) is 75.5 cm³/mol. The summed E-state index contributed by atoms with van der Waals surface area (Å²) < 4.78 is 0. The van der Waals surface area contributed by atoms with Crippen molar-refractivity contribution in [1.29, 1.82) is 0 Å². The van der Waals surface area contributed by atoms with Gasteiger partial charge in [0.25, 0.3) is 0 Å². The molecule has 0 atom stereocenters. The second kappa shape index (κ2) is 6.18. The SMILES string of the molecule is CNCC(C)(C)N(C)CCc1cccc(C)c1. The average Bonchev–Trinajstić information content (AvgIpc) is 2.26. The molecule has 0 unspecified atom stereocenters. The van der Waals surface area contributed by atoms with Crippen LogP contribution in [0.1, 0.15) is 25.0 Å². The zero-order valence-corrected chi connectivity index (χ0v) is 11.9. The molecule has 1 rings (SSSR count).